The van der Waals surface area contributed by atoms with Crippen molar-refractivity contribution >= 4 is 23.4 Å². The van der Waals surface area contributed by atoms with Crippen LogP contribution in [0.1, 0.15) is 43.9 Å². The molecule has 2 aromatic carbocycles. The Hall–Kier alpha value is -2.53. The number of carbonyl (C=O) groups excluding carboxylic acids is 2. The summed E-state index contributed by atoms with van der Waals surface area (Å²) in [5.41, 5.74) is 2.86. The molecule has 162 valence electrons. The number of ether oxygens (including phenoxy) is 1. The maximum absolute atomic E-state index is 13.1. The first kappa shape index (κ1) is 23.7. The van der Waals surface area contributed by atoms with Crippen LogP contribution in [0.3, 0.4) is 0 Å². The summed E-state index contributed by atoms with van der Waals surface area (Å²) in [5, 5.41) is 3.50. The molecule has 0 radical (unpaired) electrons. The number of carbonyl (C=O) groups is 2. The Morgan fingerprint density at radius 2 is 1.80 bits per heavy atom. The fraction of sp³-hybridized carbons (Fsp3) is 0.417. The molecule has 0 aliphatic rings. The molecule has 0 fully saturated rings. The summed E-state index contributed by atoms with van der Waals surface area (Å²) >= 11 is 6.31. The van der Waals surface area contributed by atoms with Gasteiger partial charge in [0.15, 0.2) is 6.61 Å². The molecular weight excluding hydrogens is 400 g/mol. The lowest BCUT2D eigenvalue weighted by atomic mass is 10.1. The fourth-order valence-electron chi connectivity index (χ4n) is 2.96. The van der Waals surface area contributed by atoms with E-state index in [2.05, 4.69) is 5.32 Å². The van der Waals surface area contributed by atoms with Crippen molar-refractivity contribution in [3.05, 3.63) is 64.2 Å². The van der Waals surface area contributed by atoms with E-state index in [1.54, 1.807) is 13.0 Å². The zero-order chi connectivity index (χ0) is 22.3. The normalized spacial score (nSPS) is 12.7. The molecule has 1 N–H and O–H groups in total. The summed E-state index contributed by atoms with van der Waals surface area (Å²) < 4.78 is 5.80. The minimum atomic E-state index is -0.662. The van der Waals surface area contributed by atoms with Crippen LogP contribution in [0.2, 0.25) is 5.02 Å². The molecule has 0 aliphatic carbocycles. The number of nitrogens with zero attached hydrogens (tertiary/aromatic N) is 1. The molecule has 2 rings (SSSR count). The van der Waals surface area contributed by atoms with Gasteiger partial charge in [0.25, 0.3) is 5.91 Å². The van der Waals surface area contributed by atoms with Crippen molar-refractivity contribution in [3.63, 3.8) is 0 Å². The van der Waals surface area contributed by atoms with Crippen LogP contribution < -0.4 is 10.1 Å². The first-order valence-corrected chi connectivity index (χ1v) is 10.6. The third-order valence-electron chi connectivity index (χ3n) is 5.37. The van der Waals surface area contributed by atoms with Crippen LogP contribution in [0.25, 0.3) is 0 Å². The molecule has 2 amide bonds. The number of nitrogens with one attached hydrogen (secondary N) is 1. The number of benzene rings is 2. The monoisotopic (exact) mass is 430 g/mol. The second-order valence-corrected chi connectivity index (χ2v) is 8.00. The Bertz CT molecular complexity index is 885. The zero-order valence-corrected chi connectivity index (χ0v) is 19.1. The first-order valence-electron chi connectivity index (χ1n) is 10.3. The largest absolute Gasteiger partial charge is 0.483 e. The topological polar surface area (TPSA) is 58.6 Å². The standard InChI is InChI=1S/C24H31ClN2O3/c1-6-17(3)26-24(29)19(5)27(14-20-11-7-8-12-21(20)25)23(28)15-30-22-13-9-10-16(2)18(22)4/h7-13,17,19H,6,14-15H2,1-5H3,(H,26,29)/t17-,19-/m0/s1. The van der Waals surface area contributed by atoms with E-state index in [1.807, 2.05) is 64.1 Å². The number of halogens is 1. The molecule has 6 heteroatoms. The van der Waals surface area contributed by atoms with Gasteiger partial charge in [0.2, 0.25) is 5.91 Å². The molecule has 0 saturated heterocycles. The van der Waals surface area contributed by atoms with Crippen molar-refractivity contribution < 1.29 is 14.3 Å². The Labute approximate surface area is 184 Å². The highest BCUT2D eigenvalue weighted by atomic mass is 35.5. The molecule has 0 bridgehead atoms. The van der Waals surface area contributed by atoms with Gasteiger partial charge in [-0.3, -0.25) is 9.59 Å². The smallest absolute Gasteiger partial charge is 0.261 e. The van der Waals surface area contributed by atoms with E-state index in [0.29, 0.717) is 10.8 Å². The van der Waals surface area contributed by atoms with Crippen LogP contribution in [0.4, 0.5) is 0 Å². The van der Waals surface area contributed by atoms with Crippen LogP contribution in [0, 0.1) is 13.8 Å². The molecule has 0 heterocycles. The third kappa shape index (κ3) is 6.23. The lowest BCUT2D eigenvalue weighted by Crippen LogP contribution is -2.50. The number of aryl methyl sites for hydroxylation is 1. The Morgan fingerprint density at radius 3 is 2.47 bits per heavy atom. The molecule has 2 aromatic rings. The second kappa shape index (κ2) is 11.0. The van der Waals surface area contributed by atoms with Gasteiger partial charge in [-0.25, -0.2) is 0 Å². The number of amides is 2. The van der Waals surface area contributed by atoms with Gasteiger partial charge >= 0.3 is 0 Å². The van der Waals surface area contributed by atoms with Crippen molar-refractivity contribution in [3.8, 4) is 5.75 Å². The van der Waals surface area contributed by atoms with Crippen LogP contribution in [0.5, 0.6) is 5.75 Å². The highest BCUT2D eigenvalue weighted by Crippen LogP contribution is 2.22. The van der Waals surface area contributed by atoms with Crippen molar-refractivity contribution in [1.29, 1.82) is 0 Å². The average Bonchev–Trinajstić information content (AvgIpc) is 2.73. The van der Waals surface area contributed by atoms with E-state index >= 15 is 0 Å². The molecule has 0 saturated carbocycles. The molecule has 0 spiro atoms. The average molecular weight is 431 g/mol. The zero-order valence-electron chi connectivity index (χ0n) is 18.4. The summed E-state index contributed by atoms with van der Waals surface area (Å²) in [6.07, 6.45) is 0.812. The fourth-order valence-corrected chi connectivity index (χ4v) is 3.16. The van der Waals surface area contributed by atoms with E-state index in [1.165, 1.54) is 4.90 Å². The number of rotatable bonds is 9. The van der Waals surface area contributed by atoms with E-state index in [4.69, 9.17) is 16.3 Å². The molecule has 0 aromatic heterocycles. The lowest BCUT2D eigenvalue weighted by molar-refractivity contribution is -0.142. The van der Waals surface area contributed by atoms with Gasteiger partial charge in [0, 0.05) is 17.6 Å². The predicted molar refractivity (Wildman–Crippen MR) is 121 cm³/mol. The van der Waals surface area contributed by atoms with Gasteiger partial charge in [-0.1, -0.05) is 48.9 Å². The summed E-state index contributed by atoms with van der Waals surface area (Å²) in [6, 6.07) is 12.4. The van der Waals surface area contributed by atoms with Crippen LogP contribution in [0.15, 0.2) is 42.5 Å². The van der Waals surface area contributed by atoms with Crippen LogP contribution in [-0.4, -0.2) is 35.4 Å². The minimum Gasteiger partial charge on any atom is -0.483 e. The molecule has 5 nitrogen and oxygen atoms in total. The van der Waals surface area contributed by atoms with Gasteiger partial charge in [-0.05, 0) is 62.9 Å². The Morgan fingerprint density at radius 1 is 1.10 bits per heavy atom. The van der Waals surface area contributed by atoms with Gasteiger partial charge in [0.1, 0.15) is 11.8 Å². The van der Waals surface area contributed by atoms with Crippen LogP contribution >= 0.6 is 11.6 Å². The van der Waals surface area contributed by atoms with Gasteiger partial charge < -0.3 is 15.0 Å². The highest BCUT2D eigenvalue weighted by Gasteiger charge is 2.27. The van der Waals surface area contributed by atoms with Gasteiger partial charge in [-0.2, -0.15) is 0 Å². The van der Waals surface area contributed by atoms with E-state index in [9.17, 15) is 9.59 Å². The quantitative estimate of drug-likeness (QED) is 0.629. The Kier molecular flexibility index (Phi) is 8.72. The van der Waals surface area contributed by atoms with E-state index in [-0.39, 0.29) is 31.0 Å². The second-order valence-electron chi connectivity index (χ2n) is 7.59. The maximum atomic E-state index is 13.1. The molecule has 0 unspecified atom stereocenters. The summed E-state index contributed by atoms with van der Waals surface area (Å²) in [5.74, 6) is 0.192. The number of hydrogen-bond donors (Lipinski definition) is 1. The van der Waals surface area contributed by atoms with Crippen molar-refractivity contribution in [1.82, 2.24) is 10.2 Å². The molecule has 0 aliphatic heterocycles. The summed E-state index contributed by atoms with van der Waals surface area (Å²) in [7, 11) is 0. The predicted octanol–water partition coefficient (Wildman–Crippen LogP) is 4.67. The van der Waals surface area contributed by atoms with Crippen molar-refractivity contribution in [2.45, 2.75) is 59.7 Å². The lowest BCUT2D eigenvalue weighted by Gasteiger charge is -2.30. The Balaban J connectivity index is 2.20. The molecule has 2 atom stereocenters. The van der Waals surface area contributed by atoms with Gasteiger partial charge in [-0.15, -0.1) is 0 Å². The maximum Gasteiger partial charge on any atom is 0.261 e. The minimum absolute atomic E-state index is 0.0309. The molecular formula is C24H31ClN2O3. The first-order chi connectivity index (χ1) is 14.2. The van der Waals surface area contributed by atoms with Crippen molar-refractivity contribution in [2.24, 2.45) is 0 Å². The summed E-state index contributed by atoms with van der Waals surface area (Å²) in [6.45, 7) is 9.69. The summed E-state index contributed by atoms with van der Waals surface area (Å²) in [4.78, 5) is 27.4. The molecule has 30 heavy (non-hydrogen) atoms. The van der Waals surface area contributed by atoms with Crippen molar-refractivity contribution in [2.75, 3.05) is 6.61 Å². The SMILES string of the molecule is CC[C@H](C)NC(=O)[C@H](C)N(Cc1ccccc1Cl)C(=O)COc1cccc(C)c1C. The number of hydrogen-bond acceptors (Lipinski definition) is 3. The van der Waals surface area contributed by atoms with Gasteiger partial charge in [0.05, 0.1) is 0 Å². The van der Waals surface area contributed by atoms with E-state index < -0.39 is 6.04 Å². The van der Waals surface area contributed by atoms with E-state index in [0.717, 1.165) is 23.1 Å². The third-order valence-corrected chi connectivity index (χ3v) is 5.74. The highest BCUT2D eigenvalue weighted by molar-refractivity contribution is 6.31. The van der Waals surface area contributed by atoms with Crippen LogP contribution in [-0.2, 0) is 16.1 Å².